The molecule has 0 spiro atoms. The van der Waals surface area contributed by atoms with Crippen molar-refractivity contribution >= 4 is 21.9 Å². The first-order valence-corrected chi connectivity index (χ1v) is 8.07. The molecule has 1 aromatic carbocycles. The summed E-state index contributed by atoms with van der Waals surface area (Å²) in [4.78, 5) is 11.1. The molecule has 0 heterocycles. The number of hydrogen-bond acceptors (Lipinski definition) is 2. The number of aliphatic carboxylic acids is 1. The van der Waals surface area contributed by atoms with Gasteiger partial charge in [0.1, 0.15) is 0 Å². The molecule has 2 rings (SSSR count). The summed E-state index contributed by atoms with van der Waals surface area (Å²) >= 11 is 3.44. The minimum Gasteiger partial charge on any atom is -0.481 e. The Morgan fingerprint density at radius 1 is 1.40 bits per heavy atom. The maximum absolute atomic E-state index is 11.1. The Bertz CT molecular complexity index is 446. The van der Waals surface area contributed by atoms with Gasteiger partial charge in [-0.1, -0.05) is 34.5 Å². The molecule has 3 unspecified atom stereocenters. The summed E-state index contributed by atoms with van der Waals surface area (Å²) < 4.78 is 1.10. The van der Waals surface area contributed by atoms with E-state index >= 15 is 0 Å². The van der Waals surface area contributed by atoms with Crippen LogP contribution in [0.1, 0.15) is 38.2 Å². The molecule has 1 aliphatic carbocycles. The summed E-state index contributed by atoms with van der Waals surface area (Å²) in [6.45, 7) is 2.17. The Kier molecular flexibility index (Phi) is 5.61. The number of hydrogen-bond donors (Lipinski definition) is 2. The van der Waals surface area contributed by atoms with Crippen LogP contribution >= 0.6 is 15.9 Å². The summed E-state index contributed by atoms with van der Waals surface area (Å²) in [6, 6.07) is 9.09. The zero-order valence-electron chi connectivity index (χ0n) is 11.8. The molecule has 110 valence electrons. The van der Waals surface area contributed by atoms with Gasteiger partial charge in [-0.15, -0.1) is 0 Å². The molecule has 3 atom stereocenters. The van der Waals surface area contributed by atoms with Crippen LogP contribution in [0.5, 0.6) is 0 Å². The molecule has 1 aromatic rings. The molecular weight excluding hydrogens is 318 g/mol. The second-order valence-electron chi connectivity index (χ2n) is 5.80. The Morgan fingerprint density at radius 3 is 2.75 bits per heavy atom. The van der Waals surface area contributed by atoms with Crippen LogP contribution in [0.3, 0.4) is 0 Å². The van der Waals surface area contributed by atoms with Gasteiger partial charge in [-0.3, -0.25) is 4.79 Å². The van der Waals surface area contributed by atoms with Crippen LogP contribution in [0.2, 0.25) is 0 Å². The molecule has 0 aliphatic heterocycles. The maximum Gasteiger partial charge on any atom is 0.306 e. The third-order valence-electron chi connectivity index (χ3n) is 4.00. The number of nitrogens with one attached hydrogen (secondary N) is 1. The number of rotatable bonds is 5. The molecule has 0 radical (unpaired) electrons. The van der Waals surface area contributed by atoms with Gasteiger partial charge in [0.15, 0.2) is 0 Å². The molecule has 2 N–H and O–H groups in total. The minimum absolute atomic E-state index is 0.166. The minimum atomic E-state index is -0.642. The quantitative estimate of drug-likeness (QED) is 0.861. The van der Waals surface area contributed by atoms with Crippen molar-refractivity contribution in [3.8, 4) is 0 Å². The fourth-order valence-electron chi connectivity index (χ4n) is 3.00. The van der Waals surface area contributed by atoms with Gasteiger partial charge in [0.25, 0.3) is 0 Å². The van der Waals surface area contributed by atoms with Crippen molar-refractivity contribution in [3.63, 3.8) is 0 Å². The smallest absolute Gasteiger partial charge is 0.306 e. The standard InChI is InChI=1S/C16H22BrNO2/c1-11(9-12-5-7-14(17)8-6-12)18-15-4-2-3-13(10-15)16(19)20/h5-8,11,13,15,18H,2-4,9-10H2,1H3,(H,19,20). The highest BCUT2D eigenvalue weighted by Crippen LogP contribution is 2.25. The lowest BCUT2D eigenvalue weighted by atomic mass is 9.85. The molecule has 0 saturated heterocycles. The van der Waals surface area contributed by atoms with Crippen LogP contribution in [0.15, 0.2) is 28.7 Å². The van der Waals surface area contributed by atoms with Gasteiger partial charge >= 0.3 is 5.97 Å². The van der Waals surface area contributed by atoms with Crippen molar-refractivity contribution in [2.24, 2.45) is 5.92 Å². The molecule has 1 aliphatic rings. The number of carboxylic acids is 1. The Balaban J connectivity index is 1.83. The first-order valence-electron chi connectivity index (χ1n) is 7.28. The summed E-state index contributed by atoms with van der Waals surface area (Å²) in [7, 11) is 0. The lowest BCUT2D eigenvalue weighted by Crippen LogP contribution is -2.41. The average molecular weight is 340 g/mol. The summed E-state index contributed by atoms with van der Waals surface area (Å²) in [5, 5.41) is 12.7. The Morgan fingerprint density at radius 2 is 2.10 bits per heavy atom. The van der Waals surface area contributed by atoms with Crippen molar-refractivity contribution in [2.75, 3.05) is 0 Å². The number of carboxylic acid groups (broad SMARTS) is 1. The summed E-state index contributed by atoms with van der Waals surface area (Å²) in [5.41, 5.74) is 1.30. The number of benzene rings is 1. The van der Waals surface area contributed by atoms with Gasteiger partial charge in [0, 0.05) is 16.6 Å². The fourth-order valence-corrected chi connectivity index (χ4v) is 3.27. The zero-order valence-corrected chi connectivity index (χ0v) is 13.4. The van der Waals surface area contributed by atoms with Crippen molar-refractivity contribution < 1.29 is 9.90 Å². The molecule has 3 nitrogen and oxygen atoms in total. The fraction of sp³-hybridized carbons (Fsp3) is 0.562. The van der Waals surface area contributed by atoms with E-state index in [4.69, 9.17) is 5.11 Å². The number of halogens is 1. The molecule has 0 amide bonds. The topological polar surface area (TPSA) is 49.3 Å². The van der Waals surface area contributed by atoms with Crippen LogP contribution < -0.4 is 5.32 Å². The highest BCUT2D eigenvalue weighted by Gasteiger charge is 2.27. The second kappa shape index (κ2) is 7.23. The highest BCUT2D eigenvalue weighted by atomic mass is 79.9. The van der Waals surface area contributed by atoms with Gasteiger partial charge in [-0.25, -0.2) is 0 Å². The van der Waals surface area contributed by atoms with E-state index in [2.05, 4.69) is 52.4 Å². The van der Waals surface area contributed by atoms with E-state index < -0.39 is 5.97 Å². The molecule has 0 aromatic heterocycles. The number of carbonyl (C=O) groups is 1. The first kappa shape index (κ1) is 15.5. The van der Waals surface area contributed by atoms with E-state index in [1.165, 1.54) is 5.56 Å². The Hall–Kier alpha value is -0.870. The third-order valence-corrected chi connectivity index (χ3v) is 4.53. The molecule has 1 fully saturated rings. The van der Waals surface area contributed by atoms with Crippen LogP contribution in [-0.2, 0) is 11.2 Å². The van der Waals surface area contributed by atoms with E-state index in [-0.39, 0.29) is 5.92 Å². The zero-order chi connectivity index (χ0) is 14.5. The monoisotopic (exact) mass is 339 g/mol. The molecule has 20 heavy (non-hydrogen) atoms. The molecule has 0 bridgehead atoms. The molecule has 4 heteroatoms. The average Bonchev–Trinajstić information content (AvgIpc) is 2.41. The molecule has 1 saturated carbocycles. The Labute approximate surface area is 128 Å². The van der Waals surface area contributed by atoms with E-state index in [0.717, 1.165) is 36.6 Å². The van der Waals surface area contributed by atoms with E-state index in [1.54, 1.807) is 0 Å². The van der Waals surface area contributed by atoms with Crippen molar-refractivity contribution in [2.45, 2.75) is 51.1 Å². The van der Waals surface area contributed by atoms with E-state index in [9.17, 15) is 4.79 Å². The third kappa shape index (κ3) is 4.60. The van der Waals surface area contributed by atoms with E-state index in [1.807, 2.05) is 0 Å². The van der Waals surface area contributed by atoms with E-state index in [0.29, 0.717) is 12.1 Å². The lowest BCUT2D eigenvalue weighted by molar-refractivity contribution is -0.143. The first-order chi connectivity index (χ1) is 9.54. The van der Waals surface area contributed by atoms with Gasteiger partial charge in [-0.05, 0) is 50.3 Å². The van der Waals surface area contributed by atoms with Crippen LogP contribution in [0.25, 0.3) is 0 Å². The lowest BCUT2D eigenvalue weighted by Gasteiger charge is -2.30. The van der Waals surface area contributed by atoms with Crippen LogP contribution in [0.4, 0.5) is 0 Å². The predicted octanol–water partition coefficient (Wildman–Crippen LogP) is 3.61. The van der Waals surface area contributed by atoms with Crippen LogP contribution in [0, 0.1) is 5.92 Å². The van der Waals surface area contributed by atoms with Gasteiger partial charge in [0.05, 0.1) is 5.92 Å². The maximum atomic E-state index is 11.1. The van der Waals surface area contributed by atoms with Gasteiger partial charge in [-0.2, -0.15) is 0 Å². The largest absolute Gasteiger partial charge is 0.481 e. The van der Waals surface area contributed by atoms with Gasteiger partial charge < -0.3 is 10.4 Å². The summed E-state index contributed by atoms with van der Waals surface area (Å²) in [5.74, 6) is -0.807. The van der Waals surface area contributed by atoms with Crippen molar-refractivity contribution in [3.05, 3.63) is 34.3 Å². The van der Waals surface area contributed by atoms with Crippen molar-refractivity contribution in [1.29, 1.82) is 0 Å². The van der Waals surface area contributed by atoms with Crippen LogP contribution in [-0.4, -0.2) is 23.2 Å². The normalized spacial score (nSPS) is 24.3. The highest BCUT2D eigenvalue weighted by molar-refractivity contribution is 9.10. The SMILES string of the molecule is CC(Cc1ccc(Br)cc1)NC1CCCC(C(=O)O)C1. The predicted molar refractivity (Wildman–Crippen MR) is 83.8 cm³/mol. The van der Waals surface area contributed by atoms with Gasteiger partial charge in [0.2, 0.25) is 0 Å². The molecular formula is C16H22BrNO2. The second-order valence-corrected chi connectivity index (χ2v) is 6.71. The van der Waals surface area contributed by atoms with Crippen molar-refractivity contribution in [1.82, 2.24) is 5.32 Å². The summed E-state index contributed by atoms with van der Waals surface area (Å²) in [6.07, 6.45) is 4.67.